The molecule has 0 radical (unpaired) electrons. The second-order valence-corrected chi connectivity index (χ2v) is 7.60. The molecule has 5 heteroatoms. The van der Waals surface area contributed by atoms with Crippen LogP contribution in [0.1, 0.15) is 29.5 Å². The Balaban J connectivity index is 1.68. The van der Waals surface area contributed by atoms with Crippen molar-refractivity contribution in [2.75, 3.05) is 6.61 Å². The van der Waals surface area contributed by atoms with Crippen LogP contribution in [-0.2, 0) is 4.79 Å². The molecule has 0 aliphatic rings. The molecule has 0 saturated carbocycles. The van der Waals surface area contributed by atoms with Crippen LogP contribution < -0.4 is 10.2 Å². The lowest BCUT2D eigenvalue weighted by Crippen LogP contribution is -2.26. The topological polar surface area (TPSA) is 50.7 Å². The number of hydrazone groups is 1. The third-order valence-electron chi connectivity index (χ3n) is 4.54. The number of aryl methyl sites for hydroxylation is 1. The van der Waals surface area contributed by atoms with E-state index in [-0.39, 0.29) is 18.4 Å². The van der Waals surface area contributed by atoms with Gasteiger partial charge in [0.05, 0.1) is 0 Å². The SMILES string of the molecule is C/C(=N\NC(=O)COc1ccc(Br)c(C)c1)C(c1ccccc1)c1ccccc1. The molecule has 1 N–H and O–H groups in total. The predicted molar refractivity (Wildman–Crippen MR) is 120 cm³/mol. The summed E-state index contributed by atoms with van der Waals surface area (Å²) in [5.41, 5.74) is 6.70. The molecule has 4 nitrogen and oxygen atoms in total. The Bertz CT molecular complexity index is 949. The lowest BCUT2D eigenvalue weighted by atomic mass is 9.88. The standard InChI is InChI=1S/C24H23BrN2O2/c1-17-15-21(13-14-22(17)25)29-16-23(28)27-26-18(2)24(19-9-5-3-6-10-19)20-11-7-4-8-12-20/h3-15,24H,16H2,1-2H3,(H,27,28)/b26-18+. The highest BCUT2D eigenvalue weighted by molar-refractivity contribution is 9.10. The fourth-order valence-electron chi connectivity index (χ4n) is 3.07. The van der Waals surface area contributed by atoms with Gasteiger partial charge in [-0.25, -0.2) is 5.43 Å². The number of benzene rings is 3. The van der Waals surface area contributed by atoms with Crippen molar-refractivity contribution in [2.45, 2.75) is 19.8 Å². The number of amides is 1. The normalized spacial score (nSPS) is 11.4. The summed E-state index contributed by atoms with van der Waals surface area (Å²) < 4.78 is 6.57. The lowest BCUT2D eigenvalue weighted by Gasteiger charge is -2.18. The average molecular weight is 451 g/mol. The highest BCUT2D eigenvalue weighted by Gasteiger charge is 2.17. The van der Waals surface area contributed by atoms with E-state index in [0.717, 1.165) is 26.9 Å². The van der Waals surface area contributed by atoms with Gasteiger partial charge < -0.3 is 4.74 Å². The maximum atomic E-state index is 12.2. The summed E-state index contributed by atoms with van der Waals surface area (Å²) in [4.78, 5) is 12.2. The Morgan fingerprint density at radius 2 is 1.59 bits per heavy atom. The number of halogens is 1. The summed E-state index contributed by atoms with van der Waals surface area (Å²) in [6.07, 6.45) is 0. The van der Waals surface area contributed by atoms with E-state index in [4.69, 9.17) is 4.74 Å². The van der Waals surface area contributed by atoms with E-state index in [1.165, 1.54) is 0 Å². The number of carbonyl (C=O) groups excluding carboxylic acids is 1. The minimum absolute atomic E-state index is 0.0345. The van der Waals surface area contributed by atoms with Crippen LogP contribution in [0.15, 0.2) is 88.4 Å². The molecule has 0 spiro atoms. The Kier molecular flexibility index (Phi) is 7.19. The van der Waals surface area contributed by atoms with E-state index < -0.39 is 0 Å². The van der Waals surface area contributed by atoms with Gasteiger partial charge in [0, 0.05) is 16.1 Å². The molecule has 0 aromatic heterocycles. The fourth-order valence-corrected chi connectivity index (χ4v) is 3.32. The molecule has 0 aliphatic carbocycles. The Morgan fingerprint density at radius 1 is 1.00 bits per heavy atom. The van der Waals surface area contributed by atoms with E-state index in [2.05, 4.69) is 50.7 Å². The largest absolute Gasteiger partial charge is 0.484 e. The van der Waals surface area contributed by atoms with Crippen LogP contribution in [0.4, 0.5) is 0 Å². The van der Waals surface area contributed by atoms with Crippen molar-refractivity contribution in [3.8, 4) is 5.75 Å². The zero-order valence-corrected chi connectivity index (χ0v) is 18.0. The number of ether oxygens (including phenoxy) is 1. The molecule has 0 unspecified atom stereocenters. The first-order valence-corrected chi connectivity index (χ1v) is 10.2. The molecule has 3 rings (SSSR count). The van der Waals surface area contributed by atoms with Crippen molar-refractivity contribution in [1.82, 2.24) is 5.43 Å². The van der Waals surface area contributed by atoms with Crippen molar-refractivity contribution < 1.29 is 9.53 Å². The van der Waals surface area contributed by atoms with E-state index in [1.807, 2.05) is 68.4 Å². The van der Waals surface area contributed by atoms with Gasteiger partial charge in [-0.3, -0.25) is 4.79 Å². The van der Waals surface area contributed by atoms with E-state index in [1.54, 1.807) is 0 Å². The van der Waals surface area contributed by atoms with Crippen molar-refractivity contribution in [2.24, 2.45) is 5.10 Å². The van der Waals surface area contributed by atoms with Gasteiger partial charge in [-0.2, -0.15) is 5.10 Å². The quantitative estimate of drug-likeness (QED) is 0.383. The Hall–Kier alpha value is -2.92. The van der Waals surface area contributed by atoms with Crippen LogP contribution in [-0.4, -0.2) is 18.2 Å². The Morgan fingerprint density at radius 3 is 2.14 bits per heavy atom. The number of carbonyl (C=O) groups is 1. The Labute approximate surface area is 179 Å². The summed E-state index contributed by atoms with van der Waals surface area (Å²) in [5, 5.41) is 4.35. The van der Waals surface area contributed by atoms with Gasteiger partial charge in [-0.15, -0.1) is 0 Å². The summed E-state index contributed by atoms with van der Waals surface area (Å²) in [6.45, 7) is 3.79. The van der Waals surface area contributed by atoms with Crippen molar-refractivity contribution in [3.05, 3.63) is 100 Å². The molecular formula is C24H23BrN2O2. The smallest absolute Gasteiger partial charge is 0.277 e. The number of nitrogens with zero attached hydrogens (tertiary/aromatic N) is 1. The monoisotopic (exact) mass is 450 g/mol. The van der Waals surface area contributed by atoms with Crippen molar-refractivity contribution in [3.63, 3.8) is 0 Å². The van der Waals surface area contributed by atoms with Gasteiger partial charge >= 0.3 is 0 Å². The summed E-state index contributed by atoms with van der Waals surface area (Å²) >= 11 is 3.45. The highest BCUT2D eigenvalue weighted by Crippen LogP contribution is 2.26. The first-order chi connectivity index (χ1) is 14.0. The first kappa shape index (κ1) is 20.8. The molecule has 3 aromatic carbocycles. The molecule has 0 heterocycles. The minimum atomic E-state index is -0.301. The zero-order chi connectivity index (χ0) is 20.6. The van der Waals surface area contributed by atoms with Crippen molar-refractivity contribution >= 4 is 27.5 Å². The van der Waals surface area contributed by atoms with E-state index in [9.17, 15) is 4.79 Å². The van der Waals surface area contributed by atoms with Crippen molar-refractivity contribution in [1.29, 1.82) is 0 Å². The fraction of sp³-hybridized carbons (Fsp3) is 0.167. The molecule has 0 atom stereocenters. The molecular weight excluding hydrogens is 428 g/mol. The number of rotatable bonds is 7. The van der Waals surface area contributed by atoms with E-state index >= 15 is 0 Å². The molecule has 0 aliphatic heterocycles. The third-order valence-corrected chi connectivity index (χ3v) is 5.43. The van der Waals surface area contributed by atoms with Gasteiger partial charge in [0.25, 0.3) is 5.91 Å². The van der Waals surface area contributed by atoms with Gasteiger partial charge in [0.2, 0.25) is 0 Å². The highest BCUT2D eigenvalue weighted by atomic mass is 79.9. The maximum Gasteiger partial charge on any atom is 0.277 e. The van der Waals surface area contributed by atoms with Crippen LogP contribution in [0.5, 0.6) is 5.75 Å². The molecule has 148 valence electrons. The minimum Gasteiger partial charge on any atom is -0.484 e. The van der Waals surface area contributed by atoms with Crippen LogP contribution in [0.2, 0.25) is 0 Å². The molecule has 0 saturated heterocycles. The summed E-state index contributed by atoms with van der Waals surface area (Å²) in [5.74, 6) is 0.311. The lowest BCUT2D eigenvalue weighted by molar-refractivity contribution is -0.123. The van der Waals surface area contributed by atoms with Gasteiger partial charge in [0.15, 0.2) is 6.61 Å². The molecule has 3 aromatic rings. The number of hydrogen-bond acceptors (Lipinski definition) is 3. The van der Waals surface area contributed by atoms with E-state index in [0.29, 0.717) is 5.75 Å². The first-order valence-electron chi connectivity index (χ1n) is 9.36. The molecule has 0 bridgehead atoms. The van der Waals surface area contributed by atoms with Gasteiger partial charge in [0.1, 0.15) is 5.75 Å². The van der Waals surface area contributed by atoms with Crippen LogP contribution in [0, 0.1) is 6.92 Å². The zero-order valence-electron chi connectivity index (χ0n) is 16.4. The number of nitrogens with one attached hydrogen (secondary N) is 1. The van der Waals surface area contributed by atoms with Gasteiger partial charge in [-0.1, -0.05) is 76.6 Å². The third kappa shape index (κ3) is 5.78. The van der Waals surface area contributed by atoms with Gasteiger partial charge in [-0.05, 0) is 48.7 Å². The summed E-state index contributed by atoms with van der Waals surface area (Å²) in [7, 11) is 0. The van der Waals surface area contributed by atoms with Crippen LogP contribution in [0.25, 0.3) is 0 Å². The predicted octanol–water partition coefficient (Wildman–Crippen LogP) is 5.46. The van der Waals surface area contributed by atoms with Crippen LogP contribution in [0.3, 0.4) is 0 Å². The second kappa shape index (κ2) is 10.0. The molecule has 0 fully saturated rings. The average Bonchev–Trinajstić information content (AvgIpc) is 2.75. The molecule has 29 heavy (non-hydrogen) atoms. The summed E-state index contributed by atoms with van der Waals surface area (Å²) in [6, 6.07) is 25.9. The maximum absolute atomic E-state index is 12.2. The van der Waals surface area contributed by atoms with Crippen LogP contribution >= 0.6 is 15.9 Å². The second-order valence-electron chi connectivity index (χ2n) is 6.74. The molecule has 1 amide bonds. The number of hydrogen-bond donors (Lipinski definition) is 1.